The highest BCUT2D eigenvalue weighted by atomic mass is 16.5. The van der Waals surface area contributed by atoms with E-state index in [0.29, 0.717) is 5.56 Å². The van der Waals surface area contributed by atoms with Crippen LogP contribution in [0, 0.1) is 0 Å². The predicted octanol–water partition coefficient (Wildman–Crippen LogP) is 6.86. The molecule has 0 heterocycles. The number of aliphatic hydroxyl groups excluding tert-OH is 1. The number of methoxy groups -OCH3 is 1. The molecule has 5 nitrogen and oxygen atoms in total. The van der Waals surface area contributed by atoms with E-state index in [1.807, 2.05) is 12.1 Å². The van der Waals surface area contributed by atoms with Crippen molar-refractivity contribution in [2.24, 2.45) is 0 Å². The summed E-state index contributed by atoms with van der Waals surface area (Å²) in [4.78, 5) is 11.2. The average molecular weight is 487 g/mol. The number of aliphatic hydroxyl groups is 1. The van der Waals surface area contributed by atoms with Gasteiger partial charge in [-0.2, -0.15) is 0 Å². The molecule has 1 unspecified atom stereocenters. The topological polar surface area (TPSA) is 87.0 Å². The van der Waals surface area contributed by atoms with E-state index >= 15 is 0 Å². The maximum absolute atomic E-state index is 11.2. The molecule has 0 fully saturated rings. The van der Waals surface area contributed by atoms with Gasteiger partial charge in [-0.15, -0.1) is 0 Å². The molecule has 188 valence electrons. The van der Waals surface area contributed by atoms with Crippen molar-refractivity contribution in [2.75, 3.05) is 7.11 Å². The number of carbonyl (C=O) groups is 1. The second-order valence-corrected chi connectivity index (χ2v) is 10.9. The van der Waals surface area contributed by atoms with Gasteiger partial charge < -0.3 is 20.1 Å². The highest BCUT2D eigenvalue weighted by Crippen LogP contribution is 2.50. The van der Waals surface area contributed by atoms with Gasteiger partial charge in [-0.25, -0.2) is 4.79 Å². The summed E-state index contributed by atoms with van der Waals surface area (Å²) >= 11 is 0. The van der Waals surface area contributed by atoms with Crippen molar-refractivity contribution in [1.29, 1.82) is 0 Å². The van der Waals surface area contributed by atoms with E-state index in [2.05, 4.69) is 52.0 Å². The van der Waals surface area contributed by atoms with Gasteiger partial charge in [0.2, 0.25) is 0 Å². The Morgan fingerprint density at radius 3 is 2.25 bits per heavy atom. The van der Waals surface area contributed by atoms with Crippen LogP contribution in [0.4, 0.5) is 0 Å². The number of hydrogen-bond acceptors (Lipinski definition) is 4. The summed E-state index contributed by atoms with van der Waals surface area (Å²) < 4.78 is 5.36. The SMILES string of the molecule is COc1ccc(-c2cc(C(O)C=Cc3ccc(C(=O)O)c(O)c3)cc3c2C(C)(C)CCC3(C)C)cc1. The Hall–Kier alpha value is -3.57. The molecule has 1 aliphatic rings. The fourth-order valence-electron chi connectivity index (χ4n) is 5.13. The molecule has 1 aliphatic carbocycles. The molecule has 4 rings (SSSR count). The molecule has 0 aliphatic heterocycles. The van der Waals surface area contributed by atoms with Crippen LogP contribution in [0.3, 0.4) is 0 Å². The van der Waals surface area contributed by atoms with E-state index in [0.717, 1.165) is 35.3 Å². The normalized spacial score (nSPS) is 16.9. The molecule has 5 heteroatoms. The first-order valence-electron chi connectivity index (χ1n) is 12.2. The first-order valence-corrected chi connectivity index (χ1v) is 12.2. The average Bonchev–Trinajstić information content (AvgIpc) is 2.84. The molecular weight excluding hydrogens is 452 g/mol. The minimum Gasteiger partial charge on any atom is -0.507 e. The molecule has 0 saturated heterocycles. The van der Waals surface area contributed by atoms with E-state index < -0.39 is 12.1 Å². The lowest BCUT2D eigenvalue weighted by atomic mass is 9.61. The van der Waals surface area contributed by atoms with E-state index in [1.54, 1.807) is 25.3 Å². The van der Waals surface area contributed by atoms with Crippen molar-refractivity contribution < 1.29 is 24.9 Å². The van der Waals surface area contributed by atoms with E-state index in [-0.39, 0.29) is 22.1 Å². The molecule has 1 atom stereocenters. The Balaban J connectivity index is 1.80. The minimum absolute atomic E-state index is 0.0111. The molecule has 3 aromatic carbocycles. The molecule has 0 bridgehead atoms. The van der Waals surface area contributed by atoms with Gasteiger partial charge in [-0.05, 0) is 87.4 Å². The maximum atomic E-state index is 11.2. The molecule has 36 heavy (non-hydrogen) atoms. The first kappa shape index (κ1) is 25.5. The molecule has 0 spiro atoms. The van der Waals surface area contributed by atoms with Crippen LogP contribution in [0.25, 0.3) is 17.2 Å². The lowest BCUT2D eigenvalue weighted by molar-refractivity contribution is 0.0693. The fourth-order valence-corrected chi connectivity index (χ4v) is 5.13. The van der Waals surface area contributed by atoms with Crippen molar-refractivity contribution in [3.63, 3.8) is 0 Å². The number of aromatic carboxylic acids is 1. The molecular formula is C31H34O5. The number of carboxylic acids is 1. The summed E-state index contributed by atoms with van der Waals surface area (Å²) in [6.45, 7) is 9.10. The van der Waals surface area contributed by atoms with Crippen LogP contribution in [-0.4, -0.2) is 28.4 Å². The van der Waals surface area contributed by atoms with Gasteiger partial charge in [-0.1, -0.05) is 64.1 Å². The summed E-state index contributed by atoms with van der Waals surface area (Å²) in [6, 6.07) is 16.6. The van der Waals surface area contributed by atoms with Crippen LogP contribution >= 0.6 is 0 Å². The number of aromatic hydroxyl groups is 1. The Labute approximate surface area is 212 Å². The standard InChI is InChI=1S/C31H34O5/c1-30(2)14-15-31(3,4)28-24(20-8-10-22(36-5)11-9-20)17-21(18-25(28)30)26(32)13-7-19-6-12-23(29(34)35)27(33)16-19/h6-13,16-18,26,32-33H,14-15H2,1-5H3,(H,34,35). The van der Waals surface area contributed by atoms with Crippen molar-refractivity contribution >= 4 is 12.0 Å². The highest BCUT2D eigenvalue weighted by Gasteiger charge is 2.39. The lowest BCUT2D eigenvalue weighted by Crippen LogP contribution is -2.34. The van der Waals surface area contributed by atoms with E-state index in [4.69, 9.17) is 9.84 Å². The van der Waals surface area contributed by atoms with Crippen molar-refractivity contribution in [3.05, 3.63) is 88.5 Å². The quantitative estimate of drug-likeness (QED) is 0.354. The third-order valence-electron chi connectivity index (χ3n) is 7.41. The molecule has 3 aromatic rings. The summed E-state index contributed by atoms with van der Waals surface area (Å²) in [5.41, 5.74) is 5.93. The third kappa shape index (κ3) is 4.89. The summed E-state index contributed by atoms with van der Waals surface area (Å²) in [5.74, 6) is -0.698. The second kappa shape index (κ2) is 9.47. The molecule has 0 aromatic heterocycles. The number of phenols is 1. The van der Waals surface area contributed by atoms with Gasteiger partial charge in [0.25, 0.3) is 0 Å². The number of hydrogen-bond donors (Lipinski definition) is 3. The fraction of sp³-hybridized carbons (Fsp3) is 0.323. The first-order chi connectivity index (χ1) is 16.9. The van der Waals surface area contributed by atoms with E-state index in [1.165, 1.54) is 23.3 Å². The van der Waals surface area contributed by atoms with Gasteiger partial charge >= 0.3 is 5.97 Å². The summed E-state index contributed by atoms with van der Waals surface area (Å²) in [6.07, 6.45) is 4.61. The van der Waals surface area contributed by atoms with Crippen LogP contribution in [0.15, 0.2) is 60.7 Å². The summed E-state index contributed by atoms with van der Waals surface area (Å²) in [7, 11) is 1.65. The van der Waals surface area contributed by atoms with E-state index in [9.17, 15) is 15.0 Å². The molecule has 0 radical (unpaired) electrons. The van der Waals surface area contributed by atoms with Crippen molar-refractivity contribution in [1.82, 2.24) is 0 Å². The Bertz CT molecular complexity index is 1320. The largest absolute Gasteiger partial charge is 0.507 e. The van der Waals surface area contributed by atoms with Crippen LogP contribution in [0.1, 0.15) is 79.3 Å². The van der Waals surface area contributed by atoms with Crippen LogP contribution in [0.2, 0.25) is 0 Å². The van der Waals surface area contributed by atoms with Crippen LogP contribution in [0.5, 0.6) is 11.5 Å². The number of carboxylic acid groups (broad SMARTS) is 1. The Morgan fingerprint density at radius 2 is 1.64 bits per heavy atom. The molecule has 0 amide bonds. The third-order valence-corrected chi connectivity index (χ3v) is 7.41. The van der Waals surface area contributed by atoms with Gasteiger partial charge in [0.05, 0.1) is 13.2 Å². The second-order valence-electron chi connectivity index (χ2n) is 10.9. The van der Waals surface area contributed by atoms with Gasteiger partial charge in [-0.3, -0.25) is 0 Å². The number of rotatable bonds is 6. The summed E-state index contributed by atoms with van der Waals surface area (Å²) in [5, 5.41) is 30.3. The number of ether oxygens (including phenoxy) is 1. The Morgan fingerprint density at radius 1 is 0.972 bits per heavy atom. The number of fused-ring (bicyclic) bond motifs is 1. The van der Waals surface area contributed by atoms with Crippen LogP contribution < -0.4 is 4.74 Å². The lowest BCUT2D eigenvalue weighted by Gasteiger charge is -2.43. The minimum atomic E-state index is -1.19. The Kier molecular flexibility index (Phi) is 6.72. The number of benzene rings is 3. The van der Waals surface area contributed by atoms with Crippen molar-refractivity contribution in [2.45, 2.75) is 57.5 Å². The predicted molar refractivity (Wildman–Crippen MR) is 143 cm³/mol. The van der Waals surface area contributed by atoms with Gasteiger partial charge in [0, 0.05) is 0 Å². The van der Waals surface area contributed by atoms with Gasteiger partial charge in [0.1, 0.15) is 17.1 Å². The van der Waals surface area contributed by atoms with Gasteiger partial charge in [0.15, 0.2) is 0 Å². The zero-order valence-corrected chi connectivity index (χ0v) is 21.5. The highest BCUT2D eigenvalue weighted by molar-refractivity contribution is 5.91. The zero-order valence-electron chi connectivity index (χ0n) is 21.5. The van der Waals surface area contributed by atoms with Crippen molar-refractivity contribution in [3.8, 4) is 22.6 Å². The maximum Gasteiger partial charge on any atom is 0.339 e. The van der Waals surface area contributed by atoms with Crippen LogP contribution in [-0.2, 0) is 10.8 Å². The monoisotopic (exact) mass is 486 g/mol. The molecule has 3 N–H and O–H groups in total. The smallest absolute Gasteiger partial charge is 0.339 e. The molecule has 0 saturated carbocycles. The zero-order chi connectivity index (χ0) is 26.3.